The molecule has 112 valence electrons. The Morgan fingerprint density at radius 2 is 1.95 bits per heavy atom. The van der Waals surface area contributed by atoms with Gasteiger partial charge in [-0.25, -0.2) is 0 Å². The molecule has 0 aromatic heterocycles. The summed E-state index contributed by atoms with van der Waals surface area (Å²) in [6, 6.07) is 5.17. The molecule has 0 spiro atoms. The number of ether oxygens (including phenoxy) is 2. The number of nitrogens with two attached hydrogens (primary N) is 1. The molecular formula is C15H23NO4. The van der Waals surface area contributed by atoms with Crippen molar-refractivity contribution in [1.29, 1.82) is 0 Å². The number of benzene rings is 1. The highest BCUT2D eigenvalue weighted by Gasteiger charge is 2.35. The Labute approximate surface area is 119 Å². The number of carboxylic acid groups (broad SMARTS) is 1. The summed E-state index contributed by atoms with van der Waals surface area (Å²) in [7, 11) is 3.11. The summed E-state index contributed by atoms with van der Waals surface area (Å²) in [5.41, 5.74) is 6.35. The van der Waals surface area contributed by atoms with E-state index in [-0.39, 0.29) is 12.5 Å². The van der Waals surface area contributed by atoms with Crippen LogP contribution in [0.25, 0.3) is 0 Å². The van der Waals surface area contributed by atoms with Crippen molar-refractivity contribution in [3.05, 3.63) is 23.8 Å². The maximum absolute atomic E-state index is 11.2. The molecule has 20 heavy (non-hydrogen) atoms. The molecule has 0 fully saturated rings. The average molecular weight is 281 g/mol. The summed E-state index contributed by atoms with van der Waals surface area (Å²) < 4.78 is 10.5. The third kappa shape index (κ3) is 3.22. The highest BCUT2D eigenvalue weighted by Crippen LogP contribution is 2.37. The van der Waals surface area contributed by atoms with Crippen LogP contribution in [0.5, 0.6) is 11.5 Å². The Morgan fingerprint density at radius 3 is 2.40 bits per heavy atom. The molecule has 0 aliphatic rings. The van der Waals surface area contributed by atoms with E-state index in [4.69, 9.17) is 15.2 Å². The largest absolute Gasteiger partial charge is 0.493 e. The lowest BCUT2D eigenvalue weighted by molar-refractivity contribution is -0.138. The average Bonchev–Trinajstić information content (AvgIpc) is 2.44. The van der Waals surface area contributed by atoms with Crippen LogP contribution in [0.2, 0.25) is 0 Å². The molecule has 0 heterocycles. The van der Waals surface area contributed by atoms with Gasteiger partial charge in [0.15, 0.2) is 11.5 Å². The van der Waals surface area contributed by atoms with Gasteiger partial charge in [0, 0.05) is 11.5 Å². The maximum Gasteiger partial charge on any atom is 0.304 e. The lowest BCUT2D eigenvalue weighted by Crippen LogP contribution is -2.44. The van der Waals surface area contributed by atoms with Crippen molar-refractivity contribution in [2.24, 2.45) is 5.73 Å². The fourth-order valence-electron chi connectivity index (χ4n) is 2.40. The van der Waals surface area contributed by atoms with Crippen molar-refractivity contribution in [1.82, 2.24) is 0 Å². The Hall–Kier alpha value is -1.75. The summed E-state index contributed by atoms with van der Waals surface area (Å²) in [5.74, 6) is 0.315. The third-order valence-electron chi connectivity index (χ3n) is 3.82. The van der Waals surface area contributed by atoms with Crippen molar-refractivity contribution >= 4 is 5.97 Å². The van der Waals surface area contributed by atoms with E-state index in [1.54, 1.807) is 26.4 Å². The van der Waals surface area contributed by atoms with E-state index in [2.05, 4.69) is 0 Å². The van der Waals surface area contributed by atoms with Crippen molar-refractivity contribution in [3.63, 3.8) is 0 Å². The lowest BCUT2D eigenvalue weighted by Gasteiger charge is -2.34. The lowest BCUT2D eigenvalue weighted by atomic mass is 9.72. The fourth-order valence-corrected chi connectivity index (χ4v) is 2.40. The van der Waals surface area contributed by atoms with Gasteiger partial charge >= 0.3 is 5.97 Å². The second-order valence-corrected chi connectivity index (χ2v) is 5.07. The molecule has 0 saturated heterocycles. The Bertz CT molecular complexity index is 475. The first-order valence-electron chi connectivity index (χ1n) is 6.58. The molecule has 5 heteroatoms. The summed E-state index contributed by atoms with van der Waals surface area (Å²) in [6.07, 6.45) is 0.662. The van der Waals surface area contributed by atoms with Crippen LogP contribution in [0.4, 0.5) is 0 Å². The molecule has 2 atom stereocenters. The minimum Gasteiger partial charge on any atom is -0.493 e. The smallest absolute Gasteiger partial charge is 0.304 e. The zero-order chi connectivity index (χ0) is 15.3. The van der Waals surface area contributed by atoms with Crippen LogP contribution in [0.3, 0.4) is 0 Å². The van der Waals surface area contributed by atoms with Gasteiger partial charge in [0.05, 0.1) is 20.6 Å². The SMILES string of the molecule is CCC(N)C(C)(CC(=O)O)c1ccc(OC)c(OC)c1. The van der Waals surface area contributed by atoms with Crippen molar-refractivity contribution in [2.75, 3.05) is 14.2 Å². The van der Waals surface area contributed by atoms with Crippen LogP contribution in [0.1, 0.15) is 32.3 Å². The molecule has 0 aliphatic heterocycles. The first-order chi connectivity index (χ1) is 9.38. The Morgan fingerprint density at radius 1 is 1.35 bits per heavy atom. The van der Waals surface area contributed by atoms with Crippen molar-refractivity contribution < 1.29 is 19.4 Å². The number of hydrogen-bond acceptors (Lipinski definition) is 4. The molecule has 0 amide bonds. The Balaban J connectivity index is 3.30. The monoisotopic (exact) mass is 281 g/mol. The summed E-state index contributed by atoms with van der Waals surface area (Å²) >= 11 is 0. The minimum absolute atomic E-state index is 0.0303. The van der Waals surface area contributed by atoms with E-state index in [1.165, 1.54) is 0 Å². The van der Waals surface area contributed by atoms with Crippen LogP contribution < -0.4 is 15.2 Å². The van der Waals surface area contributed by atoms with Crippen LogP contribution in [0, 0.1) is 0 Å². The van der Waals surface area contributed by atoms with E-state index in [9.17, 15) is 9.90 Å². The van der Waals surface area contributed by atoms with E-state index in [1.807, 2.05) is 19.9 Å². The molecule has 1 aromatic rings. The first-order valence-corrected chi connectivity index (χ1v) is 6.58. The highest BCUT2D eigenvalue weighted by atomic mass is 16.5. The summed E-state index contributed by atoms with van der Waals surface area (Å²) in [6.45, 7) is 3.82. The fraction of sp³-hybridized carbons (Fsp3) is 0.533. The van der Waals surface area contributed by atoms with Gasteiger partial charge in [-0.15, -0.1) is 0 Å². The Kier molecular flexibility index (Phi) is 5.39. The third-order valence-corrected chi connectivity index (χ3v) is 3.82. The van der Waals surface area contributed by atoms with Crippen molar-refractivity contribution in [3.8, 4) is 11.5 Å². The molecule has 0 aliphatic carbocycles. The number of methoxy groups -OCH3 is 2. The second kappa shape index (κ2) is 6.61. The highest BCUT2D eigenvalue weighted by molar-refractivity contribution is 5.69. The van der Waals surface area contributed by atoms with E-state index in [0.29, 0.717) is 17.9 Å². The molecule has 1 aromatic carbocycles. The van der Waals surface area contributed by atoms with E-state index >= 15 is 0 Å². The molecule has 2 unspecified atom stereocenters. The van der Waals surface area contributed by atoms with Crippen LogP contribution in [-0.2, 0) is 10.2 Å². The number of carbonyl (C=O) groups is 1. The first kappa shape index (κ1) is 16.3. The minimum atomic E-state index is -0.869. The number of hydrogen-bond donors (Lipinski definition) is 2. The predicted octanol–water partition coefficient (Wildman–Crippen LogP) is 2.17. The molecule has 0 saturated carbocycles. The van der Waals surface area contributed by atoms with Gasteiger partial charge in [0.25, 0.3) is 0 Å². The van der Waals surface area contributed by atoms with Crippen LogP contribution in [0.15, 0.2) is 18.2 Å². The molecule has 5 nitrogen and oxygen atoms in total. The topological polar surface area (TPSA) is 81.8 Å². The van der Waals surface area contributed by atoms with Gasteiger partial charge < -0.3 is 20.3 Å². The summed E-state index contributed by atoms with van der Waals surface area (Å²) in [4.78, 5) is 11.2. The van der Waals surface area contributed by atoms with Gasteiger partial charge in [-0.3, -0.25) is 4.79 Å². The molecule has 1 rings (SSSR count). The predicted molar refractivity (Wildman–Crippen MR) is 77.4 cm³/mol. The molecule has 0 bridgehead atoms. The van der Waals surface area contributed by atoms with Crippen molar-refractivity contribution in [2.45, 2.75) is 38.1 Å². The molecule has 0 radical (unpaired) electrons. The second-order valence-electron chi connectivity index (χ2n) is 5.07. The standard InChI is InChI=1S/C15H23NO4/c1-5-13(16)15(2,9-14(17)18)10-6-7-11(19-3)12(8-10)20-4/h6-8,13H,5,9,16H2,1-4H3,(H,17,18). The van der Waals surface area contributed by atoms with Crippen LogP contribution in [-0.4, -0.2) is 31.3 Å². The van der Waals surface area contributed by atoms with E-state index in [0.717, 1.165) is 5.56 Å². The molecular weight excluding hydrogens is 258 g/mol. The van der Waals surface area contributed by atoms with Crippen LogP contribution >= 0.6 is 0 Å². The van der Waals surface area contributed by atoms with Gasteiger partial charge in [-0.1, -0.05) is 19.9 Å². The maximum atomic E-state index is 11.2. The number of rotatable bonds is 7. The zero-order valence-electron chi connectivity index (χ0n) is 12.5. The number of aliphatic carboxylic acids is 1. The quantitative estimate of drug-likeness (QED) is 0.800. The van der Waals surface area contributed by atoms with Gasteiger partial charge in [0.2, 0.25) is 0 Å². The number of carboxylic acids is 1. The van der Waals surface area contributed by atoms with E-state index < -0.39 is 11.4 Å². The van der Waals surface area contributed by atoms with Gasteiger partial charge in [-0.05, 0) is 24.1 Å². The molecule has 3 N–H and O–H groups in total. The van der Waals surface area contributed by atoms with Gasteiger partial charge in [0.1, 0.15) is 0 Å². The summed E-state index contributed by atoms with van der Waals surface area (Å²) in [5, 5.41) is 9.17. The zero-order valence-corrected chi connectivity index (χ0v) is 12.5. The normalized spacial score (nSPS) is 15.2. The van der Waals surface area contributed by atoms with Gasteiger partial charge in [-0.2, -0.15) is 0 Å².